The second-order valence-electron chi connectivity index (χ2n) is 4.79. The number of nitrogens with zero attached hydrogens (tertiary/aromatic N) is 1. The van der Waals surface area contributed by atoms with Crippen molar-refractivity contribution in [2.24, 2.45) is 0 Å². The molecule has 1 atom stereocenters. The zero-order valence-electron chi connectivity index (χ0n) is 13.5. The molecule has 0 bridgehead atoms. The van der Waals surface area contributed by atoms with E-state index in [2.05, 4.69) is 15.0 Å². The fourth-order valence-corrected chi connectivity index (χ4v) is 2.91. The number of rotatable bonds is 6. The van der Waals surface area contributed by atoms with Crippen LogP contribution < -0.4 is 10.1 Å². The maximum absolute atomic E-state index is 13.0. The number of hydrogen-bond donors (Lipinski definition) is 1. The largest absolute Gasteiger partial charge is 0.465 e. The summed E-state index contributed by atoms with van der Waals surface area (Å²) < 4.78 is 48.8. The zero-order valence-corrected chi connectivity index (χ0v) is 15.8. The van der Waals surface area contributed by atoms with Gasteiger partial charge in [-0.2, -0.15) is 13.2 Å². The van der Waals surface area contributed by atoms with Gasteiger partial charge in [-0.05, 0) is 31.2 Å². The summed E-state index contributed by atoms with van der Waals surface area (Å²) in [7, 11) is 0. The quantitative estimate of drug-likeness (QED) is 0.523. The molecule has 6 nitrogen and oxygen atoms in total. The Kier molecular flexibility index (Phi) is 6.90. The number of thiazole rings is 1. The molecule has 0 saturated heterocycles. The molecule has 0 aliphatic heterocycles. The number of halogens is 5. The predicted molar refractivity (Wildman–Crippen MR) is 93.4 cm³/mol. The van der Waals surface area contributed by atoms with Crippen molar-refractivity contribution in [1.82, 2.24) is 4.98 Å². The molecule has 1 aromatic carbocycles. The van der Waals surface area contributed by atoms with Crippen LogP contribution in [-0.2, 0) is 15.7 Å². The number of nitrogens with one attached hydrogen (secondary N) is 1. The van der Waals surface area contributed by atoms with Crippen molar-refractivity contribution < 1.29 is 32.2 Å². The van der Waals surface area contributed by atoms with Crippen molar-refractivity contribution in [2.75, 3.05) is 11.9 Å². The van der Waals surface area contributed by atoms with Crippen LogP contribution in [0.5, 0.6) is 5.75 Å². The Morgan fingerprint density at radius 1 is 1.30 bits per heavy atom. The van der Waals surface area contributed by atoms with E-state index in [1.165, 1.54) is 31.2 Å². The Balaban J connectivity index is 2.14. The lowest BCUT2D eigenvalue weighted by molar-refractivity contribution is -0.141. The second-order valence-corrected chi connectivity index (χ2v) is 6.62. The monoisotopic (exact) mass is 442 g/mol. The van der Waals surface area contributed by atoms with Crippen LogP contribution in [0.15, 0.2) is 24.3 Å². The zero-order chi connectivity index (χ0) is 20.2. The summed E-state index contributed by atoms with van der Waals surface area (Å²) in [6.45, 7) is 1.33. The van der Waals surface area contributed by atoms with E-state index in [0.717, 1.165) is 0 Å². The lowest BCUT2D eigenvalue weighted by Gasteiger charge is -2.11. The van der Waals surface area contributed by atoms with Crippen LogP contribution in [0.4, 0.5) is 18.3 Å². The van der Waals surface area contributed by atoms with Gasteiger partial charge in [0.05, 0.1) is 6.61 Å². The van der Waals surface area contributed by atoms with E-state index >= 15 is 0 Å². The highest BCUT2D eigenvalue weighted by molar-refractivity contribution is 7.17. The summed E-state index contributed by atoms with van der Waals surface area (Å²) in [4.78, 5) is 26.2. The van der Waals surface area contributed by atoms with Gasteiger partial charge in [0.15, 0.2) is 10.8 Å². The molecular formula is C15H11Cl2F3N2O4S. The number of carbonyl (C=O) groups excluding carboxylic acids is 2. The van der Waals surface area contributed by atoms with E-state index in [4.69, 9.17) is 27.9 Å². The van der Waals surface area contributed by atoms with E-state index < -0.39 is 39.3 Å². The molecule has 12 heteroatoms. The molecule has 1 amide bonds. The summed E-state index contributed by atoms with van der Waals surface area (Å²) in [5.41, 5.74) is -3.01. The number of alkyl halides is 4. The highest BCUT2D eigenvalue weighted by Gasteiger charge is 2.40. The van der Waals surface area contributed by atoms with Crippen molar-refractivity contribution in [3.63, 3.8) is 0 Å². The SMILES string of the molecule is CCOC(=O)c1sc(NC(=O)C(Cl)Oc2ccc(Cl)cc2)nc1C(F)(F)F. The van der Waals surface area contributed by atoms with Crippen LogP contribution in [-0.4, -0.2) is 29.0 Å². The second kappa shape index (κ2) is 8.77. The molecule has 0 aliphatic carbocycles. The fraction of sp³-hybridized carbons (Fsp3) is 0.267. The van der Waals surface area contributed by atoms with Crippen molar-refractivity contribution in [3.8, 4) is 5.75 Å². The van der Waals surface area contributed by atoms with E-state index in [1.807, 2.05) is 0 Å². The normalized spacial score (nSPS) is 12.4. The van der Waals surface area contributed by atoms with Crippen LogP contribution in [0.1, 0.15) is 22.3 Å². The number of hydrogen-bond acceptors (Lipinski definition) is 6. The van der Waals surface area contributed by atoms with Gasteiger partial charge in [-0.15, -0.1) is 0 Å². The van der Waals surface area contributed by atoms with E-state index in [0.29, 0.717) is 16.4 Å². The molecule has 1 heterocycles. The maximum Gasteiger partial charge on any atom is 0.435 e. The molecule has 2 rings (SSSR count). The van der Waals surface area contributed by atoms with E-state index in [9.17, 15) is 22.8 Å². The lowest BCUT2D eigenvalue weighted by atomic mass is 10.3. The Morgan fingerprint density at radius 2 is 1.93 bits per heavy atom. The number of carbonyl (C=O) groups is 2. The van der Waals surface area contributed by atoms with Crippen molar-refractivity contribution in [1.29, 1.82) is 0 Å². The molecule has 2 aromatic rings. The van der Waals surface area contributed by atoms with Gasteiger partial charge in [0.2, 0.25) is 0 Å². The maximum atomic E-state index is 13.0. The minimum atomic E-state index is -4.90. The van der Waals surface area contributed by atoms with Crippen molar-refractivity contribution in [3.05, 3.63) is 39.9 Å². The van der Waals surface area contributed by atoms with Gasteiger partial charge >= 0.3 is 12.1 Å². The molecule has 1 aromatic heterocycles. The van der Waals surface area contributed by atoms with Gasteiger partial charge in [0.1, 0.15) is 10.6 Å². The van der Waals surface area contributed by atoms with E-state index in [-0.39, 0.29) is 12.4 Å². The molecule has 27 heavy (non-hydrogen) atoms. The number of amides is 1. The summed E-state index contributed by atoms with van der Waals surface area (Å²) >= 11 is 11.8. The fourth-order valence-electron chi connectivity index (χ4n) is 1.75. The molecule has 146 valence electrons. The molecule has 0 saturated carbocycles. The average molecular weight is 443 g/mol. The summed E-state index contributed by atoms with van der Waals surface area (Å²) in [5, 5.41) is 2.05. The standard InChI is InChI=1S/C15H11Cl2F3N2O4S/c1-2-25-13(24)9-10(15(18,19)20)21-14(27-9)22-12(23)11(17)26-8-5-3-7(16)4-6-8/h3-6,11H,2H2,1H3,(H,21,22,23). The molecule has 0 aliphatic rings. The molecule has 1 N–H and O–H groups in total. The van der Waals surface area contributed by atoms with Crippen LogP contribution in [0.3, 0.4) is 0 Å². The summed E-state index contributed by atoms with van der Waals surface area (Å²) in [6, 6.07) is 5.91. The van der Waals surface area contributed by atoms with Gasteiger partial charge in [-0.1, -0.05) is 34.5 Å². The summed E-state index contributed by atoms with van der Waals surface area (Å²) in [5.74, 6) is -1.94. The Morgan fingerprint density at radius 3 is 2.48 bits per heavy atom. The highest BCUT2D eigenvalue weighted by Crippen LogP contribution is 2.36. The third kappa shape index (κ3) is 5.72. The number of esters is 1. The van der Waals surface area contributed by atoms with Gasteiger partial charge in [-0.25, -0.2) is 9.78 Å². The minimum absolute atomic E-state index is 0.117. The molecule has 0 fully saturated rings. The Hall–Kier alpha value is -2.04. The highest BCUT2D eigenvalue weighted by atomic mass is 35.5. The molecule has 0 spiro atoms. The van der Waals surface area contributed by atoms with E-state index in [1.54, 1.807) is 0 Å². The van der Waals surface area contributed by atoms with Crippen molar-refractivity contribution >= 4 is 51.5 Å². The first kappa shape index (κ1) is 21.3. The number of anilines is 1. The first-order valence-electron chi connectivity index (χ1n) is 7.24. The first-order chi connectivity index (χ1) is 12.6. The number of aromatic nitrogens is 1. The smallest absolute Gasteiger partial charge is 0.435 e. The number of benzene rings is 1. The first-order valence-corrected chi connectivity index (χ1v) is 8.87. The third-order valence-corrected chi connectivity index (χ3v) is 4.34. The van der Waals surface area contributed by atoms with Gasteiger partial charge in [0.25, 0.3) is 11.5 Å². The lowest BCUT2D eigenvalue weighted by Crippen LogP contribution is -2.28. The van der Waals surface area contributed by atoms with Gasteiger partial charge in [-0.3, -0.25) is 10.1 Å². The van der Waals surface area contributed by atoms with Gasteiger partial charge in [0, 0.05) is 5.02 Å². The van der Waals surface area contributed by atoms with Gasteiger partial charge < -0.3 is 9.47 Å². The van der Waals surface area contributed by atoms with Crippen LogP contribution in [0.25, 0.3) is 0 Å². The van der Waals surface area contributed by atoms with Crippen LogP contribution in [0.2, 0.25) is 5.02 Å². The molecule has 1 unspecified atom stereocenters. The van der Waals surface area contributed by atoms with Crippen molar-refractivity contribution in [2.45, 2.75) is 18.7 Å². The molecule has 0 radical (unpaired) electrons. The predicted octanol–water partition coefficient (Wildman–Crippen LogP) is 4.57. The van der Waals surface area contributed by atoms with Crippen LogP contribution >= 0.6 is 34.5 Å². The minimum Gasteiger partial charge on any atom is -0.465 e. The Bertz CT molecular complexity index is 827. The Labute approximate surface area is 165 Å². The number of ether oxygens (including phenoxy) is 2. The average Bonchev–Trinajstić information content (AvgIpc) is 3.01. The van der Waals surface area contributed by atoms with Crippen LogP contribution in [0, 0.1) is 0 Å². The molecular weight excluding hydrogens is 432 g/mol. The third-order valence-electron chi connectivity index (χ3n) is 2.85. The topological polar surface area (TPSA) is 77.5 Å². The summed E-state index contributed by atoms with van der Waals surface area (Å²) in [6.07, 6.45) is -4.90.